The predicted molar refractivity (Wildman–Crippen MR) is 107 cm³/mol. The van der Waals surface area contributed by atoms with Crippen LogP contribution in [0.5, 0.6) is 0 Å². The molecule has 3 heterocycles. The summed E-state index contributed by atoms with van der Waals surface area (Å²) >= 11 is 0. The molecule has 3 aliphatic rings. The average Bonchev–Trinajstić information content (AvgIpc) is 3.33. The maximum Gasteiger partial charge on any atom is 0.276 e. The third-order valence-electron chi connectivity index (χ3n) is 6.17. The van der Waals surface area contributed by atoms with Crippen LogP contribution in [0, 0.1) is 0 Å². The number of aromatic nitrogens is 3. The van der Waals surface area contributed by atoms with Crippen LogP contribution >= 0.6 is 0 Å². The van der Waals surface area contributed by atoms with E-state index in [-0.39, 0.29) is 17.2 Å². The highest BCUT2D eigenvalue weighted by molar-refractivity contribution is 7.90. The number of amides is 1. The van der Waals surface area contributed by atoms with Gasteiger partial charge in [0.25, 0.3) is 5.91 Å². The second-order valence-electron chi connectivity index (χ2n) is 8.22. The van der Waals surface area contributed by atoms with E-state index >= 15 is 0 Å². The van der Waals surface area contributed by atoms with E-state index in [4.69, 9.17) is 0 Å². The van der Waals surface area contributed by atoms with Crippen LogP contribution in [0.3, 0.4) is 0 Å². The number of rotatable bonds is 5. The van der Waals surface area contributed by atoms with E-state index in [1.165, 1.54) is 11.1 Å². The summed E-state index contributed by atoms with van der Waals surface area (Å²) in [6.45, 7) is 2.27. The number of carbonyl (C=O) groups is 1. The van der Waals surface area contributed by atoms with Crippen molar-refractivity contribution in [1.82, 2.24) is 24.2 Å². The smallest absolute Gasteiger partial charge is 0.276 e. The Labute approximate surface area is 170 Å². The van der Waals surface area contributed by atoms with Crippen molar-refractivity contribution in [3.8, 4) is 0 Å². The minimum atomic E-state index is -3.19. The summed E-state index contributed by atoms with van der Waals surface area (Å²) in [4.78, 5) is 14.7. The van der Waals surface area contributed by atoms with E-state index in [0.717, 1.165) is 32.1 Å². The van der Waals surface area contributed by atoms with Gasteiger partial charge in [-0.2, -0.15) is 4.31 Å². The van der Waals surface area contributed by atoms with Crippen molar-refractivity contribution in [3.63, 3.8) is 0 Å². The van der Waals surface area contributed by atoms with Crippen LogP contribution in [0.15, 0.2) is 30.5 Å². The Morgan fingerprint density at radius 1 is 1.10 bits per heavy atom. The largest absolute Gasteiger partial charge is 0.333 e. The van der Waals surface area contributed by atoms with E-state index in [1.807, 2.05) is 12.1 Å². The molecule has 2 fully saturated rings. The van der Waals surface area contributed by atoms with Crippen molar-refractivity contribution < 1.29 is 13.2 Å². The van der Waals surface area contributed by atoms with Crippen molar-refractivity contribution in [3.05, 3.63) is 47.3 Å². The predicted octanol–water partition coefficient (Wildman–Crippen LogP) is 1.43. The Morgan fingerprint density at radius 2 is 1.90 bits per heavy atom. The SMILES string of the molecule is O=C(c1cn(C[C@@H]2CCCN2S(=O)(=O)C2CC2)nn1)N1CCc2ccccc2C1. The fourth-order valence-electron chi connectivity index (χ4n) is 4.42. The molecule has 1 saturated carbocycles. The molecule has 0 N–H and O–H groups in total. The fraction of sp³-hybridized carbons (Fsp3) is 0.550. The Balaban J connectivity index is 1.27. The van der Waals surface area contributed by atoms with Gasteiger partial charge in [-0.25, -0.2) is 8.42 Å². The van der Waals surface area contributed by atoms with Gasteiger partial charge in [0, 0.05) is 25.7 Å². The van der Waals surface area contributed by atoms with Crippen molar-refractivity contribution in [2.75, 3.05) is 13.1 Å². The molecule has 1 aliphatic carbocycles. The van der Waals surface area contributed by atoms with Gasteiger partial charge >= 0.3 is 0 Å². The van der Waals surface area contributed by atoms with Gasteiger partial charge in [-0.15, -0.1) is 5.10 Å². The third-order valence-corrected chi connectivity index (χ3v) is 8.62. The normalized spacial score (nSPS) is 22.6. The van der Waals surface area contributed by atoms with Crippen molar-refractivity contribution in [1.29, 1.82) is 0 Å². The van der Waals surface area contributed by atoms with Gasteiger partial charge in [-0.1, -0.05) is 29.5 Å². The van der Waals surface area contributed by atoms with Gasteiger partial charge in [0.15, 0.2) is 5.69 Å². The maximum atomic E-state index is 12.9. The molecule has 9 heteroatoms. The van der Waals surface area contributed by atoms with E-state index in [9.17, 15) is 13.2 Å². The topological polar surface area (TPSA) is 88.4 Å². The summed E-state index contributed by atoms with van der Waals surface area (Å²) in [7, 11) is -3.19. The van der Waals surface area contributed by atoms with Crippen LogP contribution in [0.2, 0.25) is 0 Å². The number of fused-ring (bicyclic) bond motifs is 1. The van der Waals surface area contributed by atoms with Gasteiger partial charge in [0.2, 0.25) is 10.0 Å². The van der Waals surface area contributed by atoms with Gasteiger partial charge in [0.05, 0.1) is 18.0 Å². The number of hydrogen-bond donors (Lipinski definition) is 0. The second kappa shape index (κ2) is 7.21. The quantitative estimate of drug-likeness (QED) is 0.737. The van der Waals surface area contributed by atoms with E-state index in [0.29, 0.717) is 31.9 Å². The molecule has 29 heavy (non-hydrogen) atoms. The van der Waals surface area contributed by atoms with Crippen molar-refractivity contribution >= 4 is 15.9 Å². The van der Waals surface area contributed by atoms with E-state index < -0.39 is 10.0 Å². The van der Waals surface area contributed by atoms with Crippen LogP contribution in [0.1, 0.15) is 47.3 Å². The van der Waals surface area contributed by atoms with Crippen LogP contribution in [0.25, 0.3) is 0 Å². The molecule has 1 saturated heterocycles. The lowest BCUT2D eigenvalue weighted by Crippen LogP contribution is -2.40. The highest BCUT2D eigenvalue weighted by Crippen LogP contribution is 2.35. The Morgan fingerprint density at radius 3 is 2.69 bits per heavy atom. The molecule has 0 spiro atoms. The monoisotopic (exact) mass is 415 g/mol. The summed E-state index contributed by atoms with van der Waals surface area (Å²) in [5, 5.41) is 8.00. The van der Waals surface area contributed by atoms with Crippen LogP contribution < -0.4 is 0 Å². The van der Waals surface area contributed by atoms with E-state index in [2.05, 4.69) is 22.4 Å². The summed E-state index contributed by atoms with van der Waals surface area (Å²) in [5.74, 6) is -0.125. The molecule has 1 amide bonds. The minimum Gasteiger partial charge on any atom is -0.333 e. The van der Waals surface area contributed by atoms with Crippen molar-refractivity contribution in [2.24, 2.45) is 0 Å². The summed E-state index contributed by atoms with van der Waals surface area (Å²) < 4.78 is 28.5. The zero-order valence-corrected chi connectivity index (χ0v) is 17.1. The molecule has 0 bridgehead atoms. The van der Waals surface area contributed by atoms with Gasteiger partial charge < -0.3 is 4.90 Å². The highest BCUT2D eigenvalue weighted by atomic mass is 32.2. The lowest BCUT2D eigenvalue weighted by Gasteiger charge is -2.28. The standard InChI is InChI=1S/C20H25N5O3S/c26-20(23-11-9-15-4-1-2-5-16(15)12-23)19-14-24(22-21-19)13-17-6-3-10-25(17)29(27,28)18-7-8-18/h1-2,4-5,14,17-18H,3,6-13H2/t17-/m0/s1. The number of carbonyl (C=O) groups excluding carboxylic acids is 1. The first-order valence-corrected chi connectivity index (χ1v) is 11.8. The molecule has 2 aliphatic heterocycles. The molecule has 0 unspecified atom stereocenters. The molecular formula is C20H25N5O3S. The Hall–Kier alpha value is -2.26. The Kier molecular flexibility index (Phi) is 4.66. The molecule has 154 valence electrons. The summed E-state index contributed by atoms with van der Waals surface area (Å²) in [6, 6.07) is 8.08. The lowest BCUT2D eigenvalue weighted by molar-refractivity contribution is 0.0728. The fourth-order valence-corrected chi connectivity index (χ4v) is 6.50. The molecule has 0 radical (unpaired) electrons. The van der Waals surface area contributed by atoms with Crippen LogP contribution in [0.4, 0.5) is 0 Å². The highest BCUT2D eigenvalue weighted by Gasteiger charge is 2.44. The average molecular weight is 416 g/mol. The molecular weight excluding hydrogens is 390 g/mol. The first kappa shape index (κ1) is 18.7. The molecule has 2 aromatic rings. The van der Waals surface area contributed by atoms with Crippen LogP contribution in [-0.2, 0) is 29.5 Å². The van der Waals surface area contributed by atoms with Gasteiger partial charge in [0.1, 0.15) is 0 Å². The minimum absolute atomic E-state index is 0.105. The number of hydrogen-bond acceptors (Lipinski definition) is 5. The zero-order chi connectivity index (χ0) is 20.0. The number of benzene rings is 1. The van der Waals surface area contributed by atoms with Gasteiger partial charge in [-0.3, -0.25) is 9.48 Å². The first-order chi connectivity index (χ1) is 14.0. The molecule has 8 nitrogen and oxygen atoms in total. The van der Waals surface area contributed by atoms with E-state index in [1.54, 1.807) is 20.1 Å². The Bertz CT molecular complexity index is 1030. The van der Waals surface area contributed by atoms with Crippen molar-refractivity contribution in [2.45, 2.75) is 56.5 Å². The summed E-state index contributed by atoms with van der Waals surface area (Å²) in [6.07, 6.45) is 5.72. The summed E-state index contributed by atoms with van der Waals surface area (Å²) in [5.41, 5.74) is 2.78. The number of sulfonamides is 1. The zero-order valence-electron chi connectivity index (χ0n) is 16.3. The third kappa shape index (κ3) is 3.57. The second-order valence-corrected chi connectivity index (χ2v) is 10.4. The molecule has 1 aromatic heterocycles. The molecule has 1 aromatic carbocycles. The number of nitrogens with zero attached hydrogens (tertiary/aromatic N) is 5. The molecule has 5 rings (SSSR count). The maximum absolute atomic E-state index is 12.9. The lowest BCUT2D eigenvalue weighted by atomic mass is 10.00. The first-order valence-electron chi connectivity index (χ1n) is 10.3. The molecule has 1 atom stereocenters. The van der Waals surface area contributed by atoms with Gasteiger partial charge in [-0.05, 0) is 43.2 Å². The van der Waals surface area contributed by atoms with Crippen LogP contribution in [-0.4, -0.2) is 62.9 Å².